The van der Waals surface area contributed by atoms with E-state index in [1.165, 1.54) is 43.3 Å². The van der Waals surface area contributed by atoms with Crippen molar-refractivity contribution >= 4 is 45.0 Å². The van der Waals surface area contributed by atoms with E-state index in [0.29, 0.717) is 16.3 Å². The minimum atomic E-state index is -3.77. The van der Waals surface area contributed by atoms with Gasteiger partial charge in [-0.2, -0.15) is 0 Å². The maximum atomic E-state index is 12.1. The van der Waals surface area contributed by atoms with Gasteiger partial charge < -0.3 is 10.1 Å². The summed E-state index contributed by atoms with van der Waals surface area (Å²) in [6.45, 7) is 0.722. The number of rotatable bonds is 9. The highest BCUT2D eigenvalue weighted by molar-refractivity contribution is 7.89. The summed E-state index contributed by atoms with van der Waals surface area (Å²) in [5.74, 6) is -1.37. The number of anilines is 1. The SMILES string of the molecule is CC(=O)Nc1ccc(C(=O)COC(=O)CCNS(=O)(=O)c2ccc(Cl)cc2)cc1. The second-order valence-electron chi connectivity index (χ2n) is 5.94. The summed E-state index contributed by atoms with van der Waals surface area (Å²) in [7, 11) is -3.77. The molecule has 1 amide bonds. The number of Topliss-reactive ketones (excluding diaryl/α,β-unsaturated/α-hetero) is 1. The van der Waals surface area contributed by atoms with Gasteiger partial charge in [-0.05, 0) is 48.5 Å². The lowest BCUT2D eigenvalue weighted by atomic mass is 10.1. The Hall–Kier alpha value is -2.75. The Morgan fingerprint density at radius 3 is 2.21 bits per heavy atom. The van der Waals surface area contributed by atoms with Crippen LogP contribution in [-0.2, 0) is 24.3 Å². The van der Waals surface area contributed by atoms with Crippen molar-refractivity contribution in [3.63, 3.8) is 0 Å². The van der Waals surface area contributed by atoms with Crippen molar-refractivity contribution in [3.8, 4) is 0 Å². The van der Waals surface area contributed by atoms with Crippen molar-refractivity contribution in [3.05, 3.63) is 59.1 Å². The van der Waals surface area contributed by atoms with Gasteiger partial charge in [0.1, 0.15) is 0 Å². The van der Waals surface area contributed by atoms with Crippen LogP contribution in [-0.4, -0.2) is 39.2 Å². The molecule has 0 heterocycles. The smallest absolute Gasteiger partial charge is 0.307 e. The van der Waals surface area contributed by atoms with Crippen LogP contribution in [0.2, 0.25) is 5.02 Å². The normalized spacial score (nSPS) is 11.0. The molecule has 154 valence electrons. The van der Waals surface area contributed by atoms with Crippen molar-refractivity contribution in [2.45, 2.75) is 18.2 Å². The Morgan fingerprint density at radius 2 is 1.62 bits per heavy atom. The number of carbonyl (C=O) groups excluding carboxylic acids is 3. The number of nitrogens with one attached hydrogen (secondary N) is 2. The summed E-state index contributed by atoms with van der Waals surface area (Å²) >= 11 is 5.72. The van der Waals surface area contributed by atoms with Crippen LogP contribution in [0, 0.1) is 0 Å². The van der Waals surface area contributed by atoms with Crippen molar-refractivity contribution in [2.75, 3.05) is 18.5 Å². The number of carbonyl (C=O) groups is 3. The van der Waals surface area contributed by atoms with Gasteiger partial charge in [-0.3, -0.25) is 14.4 Å². The molecule has 2 N–H and O–H groups in total. The maximum Gasteiger partial charge on any atom is 0.307 e. The van der Waals surface area contributed by atoms with Crippen molar-refractivity contribution in [1.82, 2.24) is 4.72 Å². The first-order chi connectivity index (χ1) is 13.7. The van der Waals surface area contributed by atoms with E-state index in [-0.39, 0.29) is 23.8 Å². The quantitative estimate of drug-likeness (QED) is 0.458. The summed E-state index contributed by atoms with van der Waals surface area (Å²) in [6, 6.07) is 11.7. The summed E-state index contributed by atoms with van der Waals surface area (Å²) in [4.78, 5) is 34.8. The number of sulfonamides is 1. The zero-order valence-corrected chi connectivity index (χ0v) is 17.0. The molecular formula is C19H19ClN2O6S. The van der Waals surface area contributed by atoms with Crippen LogP contribution in [0.1, 0.15) is 23.7 Å². The number of esters is 1. The average molecular weight is 439 g/mol. The molecule has 0 aromatic heterocycles. The van der Waals surface area contributed by atoms with E-state index in [9.17, 15) is 22.8 Å². The molecule has 2 aromatic carbocycles. The minimum Gasteiger partial charge on any atom is -0.457 e. The molecule has 29 heavy (non-hydrogen) atoms. The fourth-order valence-electron chi connectivity index (χ4n) is 2.23. The molecule has 8 nitrogen and oxygen atoms in total. The highest BCUT2D eigenvalue weighted by atomic mass is 35.5. The van der Waals surface area contributed by atoms with Gasteiger partial charge >= 0.3 is 5.97 Å². The van der Waals surface area contributed by atoms with Gasteiger partial charge in [-0.25, -0.2) is 13.1 Å². The average Bonchev–Trinajstić information content (AvgIpc) is 2.66. The maximum absolute atomic E-state index is 12.1. The third-order valence-electron chi connectivity index (χ3n) is 3.64. The molecule has 0 aliphatic carbocycles. The zero-order valence-electron chi connectivity index (χ0n) is 15.5. The number of hydrogen-bond donors (Lipinski definition) is 2. The number of halogens is 1. The molecule has 0 saturated carbocycles. The first-order valence-corrected chi connectivity index (χ1v) is 10.4. The highest BCUT2D eigenvalue weighted by Crippen LogP contribution is 2.14. The molecule has 0 radical (unpaired) electrons. The summed E-state index contributed by atoms with van der Waals surface area (Å²) in [5, 5.41) is 2.98. The van der Waals surface area contributed by atoms with Gasteiger partial charge in [0.2, 0.25) is 15.9 Å². The predicted molar refractivity (Wildman–Crippen MR) is 107 cm³/mol. The van der Waals surface area contributed by atoms with E-state index in [1.807, 2.05) is 0 Å². The largest absolute Gasteiger partial charge is 0.457 e. The van der Waals surface area contributed by atoms with Crippen LogP contribution < -0.4 is 10.0 Å². The van der Waals surface area contributed by atoms with E-state index in [0.717, 1.165) is 0 Å². The van der Waals surface area contributed by atoms with E-state index in [2.05, 4.69) is 10.0 Å². The van der Waals surface area contributed by atoms with Gasteiger partial charge in [-0.15, -0.1) is 0 Å². The van der Waals surface area contributed by atoms with Crippen molar-refractivity contribution in [1.29, 1.82) is 0 Å². The van der Waals surface area contributed by atoms with E-state index < -0.39 is 28.4 Å². The second kappa shape index (κ2) is 10.1. The van der Waals surface area contributed by atoms with Gasteiger partial charge in [0.15, 0.2) is 12.4 Å². The fourth-order valence-corrected chi connectivity index (χ4v) is 3.39. The third-order valence-corrected chi connectivity index (χ3v) is 5.37. The topological polar surface area (TPSA) is 119 Å². The summed E-state index contributed by atoms with van der Waals surface area (Å²) < 4.78 is 31.3. The zero-order chi connectivity index (χ0) is 21.4. The lowest BCUT2D eigenvalue weighted by Crippen LogP contribution is -2.27. The fraction of sp³-hybridized carbons (Fsp3) is 0.211. The molecule has 0 atom stereocenters. The monoisotopic (exact) mass is 438 g/mol. The molecule has 0 aliphatic heterocycles. The van der Waals surface area contributed by atoms with Crippen LogP contribution in [0.15, 0.2) is 53.4 Å². The molecule has 10 heteroatoms. The van der Waals surface area contributed by atoms with Gasteiger partial charge in [0.25, 0.3) is 0 Å². The van der Waals surface area contributed by atoms with Crippen LogP contribution >= 0.6 is 11.6 Å². The molecule has 2 rings (SSSR count). The highest BCUT2D eigenvalue weighted by Gasteiger charge is 2.15. The third kappa shape index (κ3) is 7.30. The number of amides is 1. The van der Waals surface area contributed by atoms with Gasteiger partial charge in [0, 0.05) is 29.7 Å². The number of ketones is 1. The Labute approximate surface area is 173 Å². The Balaban J connectivity index is 1.77. The Kier molecular flexibility index (Phi) is 7.89. The van der Waals surface area contributed by atoms with Crippen molar-refractivity contribution in [2.24, 2.45) is 0 Å². The van der Waals surface area contributed by atoms with E-state index >= 15 is 0 Å². The summed E-state index contributed by atoms with van der Waals surface area (Å²) in [6.07, 6.45) is -0.235. The molecule has 0 aliphatic rings. The first kappa shape index (κ1) is 22.5. The number of ether oxygens (including phenoxy) is 1. The van der Waals surface area contributed by atoms with E-state index in [4.69, 9.17) is 16.3 Å². The van der Waals surface area contributed by atoms with Gasteiger partial charge in [0.05, 0.1) is 11.3 Å². The molecule has 0 spiro atoms. The molecular weight excluding hydrogens is 420 g/mol. The number of benzene rings is 2. The van der Waals surface area contributed by atoms with Crippen LogP contribution in [0.5, 0.6) is 0 Å². The first-order valence-electron chi connectivity index (χ1n) is 8.49. The van der Waals surface area contributed by atoms with Gasteiger partial charge in [-0.1, -0.05) is 11.6 Å². The van der Waals surface area contributed by atoms with Crippen LogP contribution in [0.25, 0.3) is 0 Å². The number of hydrogen-bond acceptors (Lipinski definition) is 6. The van der Waals surface area contributed by atoms with Crippen LogP contribution in [0.4, 0.5) is 5.69 Å². The van der Waals surface area contributed by atoms with Crippen LogP contribution in [0.3, 0.4) is 0 Å². The standard InChI is InChI=1S/C19H19ClN2O6S/c1-13(23)22-16-6-2-14(3-7-16)18(24)12-28-19(25)10-11-21-29(26,27)17-8-4-15(20)5-9-17/h2-9,21H,10-12H2,1H3,(H,22,23). The molecule has 0 bridgehead atoms. The molecule has 0 unspecified atom stereocenters. The Bertz CT molecular complexity index is 988. The van der Waals surface area contributed by atoms with E-state index in [1.54, 1.807) is 12.1 Å². The molecule has 0 saturated heterocycles. The van der Waals surface area contributed by atoms with Crippen molar-refractivity contribution < 1.29 is 27.5 Å². The lowest BCUT2D eigenvalue weighted by Gasteiger charge is -2.08. The minimum absolute atomic E-state index is 0.0214. The lowest BCUT2D eigenvalue weighted by molar-refractivity contribution is -0.142. The molecule has 0 fully saturated rings. The second-order valence-corrected chi connectivity index (χ2v) is 8.15. The Morgan fingerprint density at radius 1 is 1.00 bits per heavy atom. The summed E-state index contributed by atoms with van der Waals surface area (Å²) in [5.41, 5.74) is 0.856. The molecule has 2 aromatic rings. The predicted octanol–water partition coefficient (Wildman–Crippen LogP) is 2.39.